The molecule has 0 unspecified atom stereocenters. The fourth-order valence-electron chi connectivity index (χ4n) is 4.29. The number of thiazole rings is 1. The van der Waals surface area contributed by atoms with Gasteiger partial charge in [0.2, 0.25) is 0 Å². The molecular formula is C27H21BrN2O5S. The quantitative estimate of drug-likeness (QED) is 0.181. The molecule has 0 saturated carbocycles. The van der Waals surface area contributed by atoms with Crippen LogP contribution in [0.3, 0.4) is 0 Å². The summed E-state index contributed by atoms with van der Waals surface area (Å²) in [6, 6.07) is 17.0. The molecule has 1 saturated heterocycles. The van der Waals surface area contributed by atoms with Crippen LogP contribution < -0.4 is 14.4 Å². The molecule has 1 aromatic heterocycles. The first-order valence-electron chi connectivity index (χ1n) is 11.0. The van der Waals surface area contributed by atoms with Gasteiger partial charge in [0.1, 0.15) is 17.3 Å². The van der Waals surface area contributed by atoms with Crippen LogP contribution in [0.4, 0.5) is 5.13 Å². The first-order chi connectivity index (χ1) is 17.3. The molecule has 7 nitrogen and oxygen atoms in total. The van der Waals surface area contributed by atoms with Crippen molar-refractivity contribution in [1.29, 1.82) is 0 Å². The second-order valence-corrected chi connectivity index (χ2v) is 10.2. The number of rotatable bonds is 5. The number of aromatic nitrogens is 1. The molecule has 1 fully saturated rings. The molecule has 182 valence electrons. The number of fused-ring (bicyclic) bond motifs is 1. The van der Waals surface area contributed by atoms with E-state index in [-0.39, 0.29) is 11.3 Å². The fourth-order valence-corrected chi connectivity index (χ4v) is 5.58. The summed E-state index contributed by atoms with van der Waals surface area (Å²) in [4.78, 5) is 32.8. The number of ether oxygens (including phenoxy) is 2. The van der Waals surface area contributed by atoms with Crippen LogP contribution in [0.1, 0.15) is 22.7 Å². The molecule has 0 radical (unpaired) electrons. The number of aliphatic hydroxyl groups is 1. The van der Waals surface area contributed by atoms with Crippen molar-refractivity contribution in [2.24, 2.45) is 0 Å². The van der Waals surface area contributed by atoms with Gasteiger partial charge in [-0.15, -0.1) is 0 Å². The van der Waals surface area contributed by atoms with Crippen LogP contribution in [-0.4, -0.2) is 36.0 Å². The van der Waals surface area contributed by atoms with E-state index in [9.17, 15) is 14.7 Å². The Bertz CT molecular complexity index is 1540. The van der Waals surface area contributed by atoms with Gasteiger partial charge in [0, 0.05) is 10.0 Å². The number of benzene rings is 3. The lowest BCUT2D eigenvalue weighted by Crippen LogP contribution is -2.29. The standard InChI is InChI=1S/C27H21BrN2O5S/c1-14-12-16(6-11-20(14)35-3)24(31)22-23(15-4-7-17(28)8-5-15)30(26(33)25(22)32)27-29-19-10-9-18(34-2)13-21(19)36-27/h4-13,23,31H,1-3H3/b24-22+/t23-/m0/s1. The SMILES string of the molecule is COc1ccc2nc(N3C(=O)C(=O)/C(=C(/O)c4ccc(OC)c(C)c4)[C@@H]3c3ccc(Br)cc3)sc2c1. The second-order valence-electron chi connectivity index (χ2n) is 8.24. The van der Waals surface area contributed by atoms with E-state index >= 15 is 0 Å². The van der Waals surface area contributed by atoms with Crippen LogP contribution in [-0.2, 0) is 9.59 Å². The highest BCUT2D eigenvalue weighted by molar-refractivity contribution is 9.10. The number of hydrogen-bond acceptors (Lipinski definition) is 7. The molecule has 1 aliphatic heterocycles. The molecule has 1 atom stereocenters. The molecule has 3 aromatic carbocycles. The minimum Gasteiger partial charge on any atom is -0.507 e. The molecule has 0 spiro atoms. The molecular weight excluding hydrogens is 544 g/mol. The van der Waals surface area contributed by atoms with E-state index in [1.54, 1.807) is 44.6 Å². The predicted octanol–water partition coefficient (Wildman–Crippen LogP) is 6.01. The molecule has 2 heterocycles. The van der Waals surface area contributed by atoms with Gasteiger partial charge in [-0.3, -0.25) is 14.5 Å². The van der Waals surface area contributed by atoms with Crippen molar-refractivity contribution < 1.29 is 24.2 Å². The highest BCUT2D eigenvalue weighted by Crippen LogP contribution is 2.45. The smallest absolute Gasteiger partial charge is 0.301 e. The summed E-state index contributed by atoms with van der Waals surface area (Å²) in [7, 11) is 3.14. The summed E-state index contributed by atoms with van der Waals surface area (Å²) in [5.74, 6) is -0.454. The van der Waals surface area contributed by atoms with Gasteiger partial charge >= 0.3 is 5.91 Å². The lowest BCUT2D eigenvalue weighted by molar-refractivity contribution is -0.132. The van der Waals surface area contributed by atoms with Crippen LogP contribution in [0.25, 0.3) is 16.0 Å². The Balaban J connectivity index is 1.71. The van der Waals surface area contributed by atoms with Crippen molar-refractivity contribution >= 4 is 60.1 Å². The molecule has 1 N–H and O–H groups in total. The van der Waals surface area contributed by atoms with E-state index in [0.29, 0.717) is 33.3 Å². The van der Waals surface area contributed by atoms with Crippen LogP contribution >= 0.6 is 27.3 Å². The Morgan fingerprint density at radius 2 is 1.78 bits per heavy atom. The Morgan fingerprint density at radius 1 is 1.03 bits per heavy atom. The van der Waals surface area contributed by atoms with E-state index in [1.165, 1.54) is 16.2 Å². The van der Waals surface area contributed by atoms with Crippen molar-refractivity contribution in [3.8, 4) is 11.5 Å². The molecule has 1 amide bonds. The van der Waals surface area contributed by atoms with Gasteiger partial charge in [0.05, 0.1) is 36.1 Å². The van der Waals surface area contributed by atoms with E-state index in [0.717, 1.165) is 14.7 Å². The Kier molecular flexibility index (Phi) is 6.27. The maximum Gasteiger partial charge on any atom is 0.301 e. The number of halogens is 1. The molecule has 36 heavy (non-hydrogen) atoms. The largest absolute Gasteiger partial charge is 0.507 e. The summed E-state index contributed by atoms with van der Waals surface area (Å²) in [5.41, 5.74) is 2.56. The van der Waals surface area contributed by atoms with E-state index in [1.807, 2.05) is 37.3 Å². The van der Waals surface area contributed by atoms with Gasteiger partial charge in [-0.05, 0) is 66.6 Å². The first-order valence-corrected chi connectivity index (χ1v) is 12.6. The summed E-state index contributed by atoms with van der Waals surface area (Å²) < 4.78 is 12.3. The lowest BCUT2D eigenvalue weighted by Gasteiger charge is -2.23. The number of ketones is 1. The third kappa shape index (κ3) is 4.04. The Labute approximate surface area is 219 Å². The summed E-state index contributed by atoms with van der Waals surface area (Å²) in [5, 5.41) is 11.7. The Hall–Kier alpha value is -3.69. The number of carbonyl (C=O) groups excluding carboxylic acids is 2. The van der Waals surface area contributed by atoms with Crippen molar-refractivity contribution in [1.82, 2.24) is 4.98 Å². The highest BCUT2D eigenvalue weighted by Gasteiger charge is 2.48. The fraction of sp³-hybridized carbons (Fsp3) is 0.148. The van der Waals surface area contributed by atoms with E-state index in [2.05, 4.69) is 20.9 Å². The monoisotopic (exact) mass is 564 g/mol. The zero-order valence-corrected chi connectivity index (χ0v) is 22.0. The van der Waals surface area contributed by atoms with Crippen LogP contribution in [0.2, 0.25) is 0 Å². The number of nitrogens with zero attached hydrogens (tertiary/aromatic N) is 2. The maximum absolute atomic E-state index is 13.4. The van der Waals surface area contributed by atoms with Gasteiger partial charge in [0.25, 0.3) is 5.78 Å². The van der Waals surface area contributed by atoms with Gasteiger partial charge < -0.3 is 14.6 Å². The van der Waals surface area contributed by atoms with Crippen molar-refractivity contribution in [3.05, 3.63) is 87.4 Å². The van der Waals surface area contributed by atoms with Crippen molar-refractivity contribution in [2.75, 3.05) is 19.1 Å². The molecule has 4 aromatic rings. The average Bonchev–Trinajstić information content (AvgIpc) is 3.41. The van der Waals surface area contributed by atoms with Crippen molar-refractivity contribution in [2.45, 2.75) is 13.0 Å². The highest BCUT2D eigenvalue weighted by atomic mass is 79.9. The predicted molar refractivity (Wildman–Crippen MR) is 143 cm³/mol. The number of carbonyl (C=O) groups is 2. The van der Waals surface area contributed by atoms with Crippen LogP contribution in [0, 0.1) is 6.92 Å². The number of aryl methyl sites for hydroxylation is 1. The average molecular weight is 565 g/mol. The third-order valence-corrected chi connectivity index (χ3v) is 7.63. The molecule has 0 bridgehead atoms. The molecule has 5 rings (SSSR count). The number of hydrogen-bond donors (Lipinski definition) is 1. The summed E-state index contributed by atoms with van der Waals surface area (Å²) in [6.45, 7) is 1.84. The zero-order chi connectivity index (χ0) is 25.6. The number of Topliss-reactive ketones (excluding diaryl/α,β-unsaturated/α-hetero) is 1. The van der Waals surface area contributed by atoms with Crippen LogP contribution in [0.15, 0.2) is 70.7 Å². The molecule has 9 heteroatoms. The summed E-state index contributed by atoms with van der Waals surface area (Å²) in [6.07, 6.45) is 0. The van der Waals surface area contributed by atoms with E-state index in [4.69, 9.17) is 9.47 Å². The lowest BCUT2D eigenvalue weighted by atomic mass is 9.95. The minimum atomic E-state index is -0.858. The van der Waals surface area contributed by atoms with Gasteiger partial charge in [-0.25, -0.2) is 4.98 Å². The molecule has 0 aliphatic carbocycles. The minimum absolute atomic E-state index is 0.00345. The number of aliphatic hydroxyl groups excluding tert-OH is 1. The van der Waals surface area contributed by atoms with Gasteiger partial charge in [-0.1, -0.05) is 39.4 Å². The third-order valence-electron chi connectivity index (χ3n) is 6.09. The Morgan fingerprint density at radius 3 is 2.44 bits per heavy atom. The zero-order valence-electron chi connectivity index (χ0n) is 19.6. The topological polar surface area (TPSA) is 89.0 Å². The normalized spacial score (nSPS) is 17.1. The second kappa shape index (κ2) is 9.40. The number of anilines is 1. The number of amides is 1. The van der Waals surface area contributed by atoms with Crippen molar-refractivity contribution in [3.63, 3.8) is 0 Å². The van der Waals surface area contributed by atoms with E-state index < -0.39 is 17.7 Å². The van der Waals surface area contributed by atoms with Gasteiger partial charge in [0.15, 0.2) is 5.13 Å². The maximum atomic E-state index is 13.4. The van der Waals surface area contributed by atoms with Crippen LogP contribution in [0.5, 0.6) is 11.5 Å². The summed E-state index contributed by atoms with van der Waals surface area (Å²) >= 11 is 4.71. The first kappa shape index (κ1) is 24.0. The number of methoxy groups -OCH3 is 2. The van der Waals surface area contributed by atoms with Gasteiger partial charge in [-0.2, -0.15) is 0 Å². The molecule has 1 aliphatic rings.